The van der Waals surface area contributed by atoms with Crippen molar-refractivity contribution in [1.82, 2.24) is 0 Å². The quantitative estimate of drug-likeness (QED) is 0.143. The van der Waals surface area contributed by atoms with Gasteiger partial charge in [-0.2, -0.15) is 0 Å². The van der Waals surface area contributed by atoms with E-state index >= 15 is 0 Å². The summed E-state index contributed by atoms with van der Waals surface area (Å²) in [6, 6.07) is 31.7. The van der Waals surface area contributed by atoms with E-state index < -0.39 is 23.7 Å². The third-order valence-electron chi connectivity index (χ3n) is 5.81. The first-order valence-corrected chi connectivity index (χ1v) is 18.0. The number of esters is 2. The Morgan fingerprint density at radius 3 is 1.38 bits per heavy atom. The Labute approximate surface area is 231 Å². The van der Waals surface area contributed by atoms with Gasteiger partial charge < -0.3 is 4.55 Å². The molecule has 9 heteroatoms. The molecule has 0 spiro atoms. The average Bonchev–Trinajstić information content (AvgIpc) is 2.89. The number of hydrogen-bond donors (Lipinski definition) is 0. The Kier molecular flexibility index (Phi) is 9.86. The third-order valence-corrected chi connectivity index (χ3v) is 15.0. The summed E-state index contributed by atoms with van der Waals surface area (Å²) < 4.78 is 45.3. The molecule has 39 heavy (non-hydrogen) atoms. The van der Waals surface area contributed by atoms with Crippen molar-refractivity contribution in [2.75, 3.05) is 0 Å². The maximum Gasteiger partial charge on any atom is 0.124 e. The van der Waals surface area contributed by atoms with Crippen LogP contribution in [0.4, 0.5) is 0 Å². The first kappa shape index (κ1) is 29.8. The van der Waals surface area contributed by atoms with E-state index in [0.717, 1.165) is 5.56 Å². The van der Waals surface area contributed by atoms with E-state index in [-0.39, 0.29) is 16.8 Å². The molecule has 0 unspecified atom stereocenters. The number of carbonyl (C=O) groups is 2. The smallest absolute Gasteiger partial charge is 0.124 e. The number of hydrogen-bond acceptors (Lipinski definition) is 7. The van der Waals surface area contributed by atoms with Crippen molar-refractivity contribution < 1.29 is 32.0 Å². The van der Waals surface area contributed by atoms with Gasteiger partial charge in [-0.15, -0.1) is 0 Å². The second-order valence-electron chi connectivity index (χ2n) is 8.78. The number of aryl methyl sites for hydroxylation is 1. The molecule has 4 aromatic rings. The van der Waals surface area contributed by atoms with E-state index in [4.69, 9.17) is 9.47 Å². The summed E-state index contributed by atoms with van der Waals surface area (Å²) in [5.41, 5.74) is 3.24. The summed E-state index contributed by atoms with van der Waals surface area (Å²) in [5.74, 6) is 0.410. The number of ether oxygens (including phenoxy) is 2. The van der Waals surface area contributed by atoms with Crippen LogP contribution in [0.3, 0.4) is 0 Å². The molecule has 0 saturated carbocycles. The minimum absolute atomic E-state index is 0.178. The van der Waals surface area contributed by atoms with E-state index in [1.54, 1.807) is 12.1 Å². The molecule has 0 radical (unpaired) electrons. The molecule has 0 bridgehead atoms. The van der Waals surface area contributed by atoms with Gasteiger partial charge in [-0.25, -0.2) is 8.42 Å². The van der Waals surface area contributed by atoms with Crippen molar-refractivity contribution >= 4 is 48.7 Å². The van der Waals surface area contributed by atoms with Crippen LogP contribution in [0, 0.1) is 6.92 Å². The van der Waals surface area contributed by atoms with Gasteiger partial charge >= 0.3 is 168 Å². The van der Waals surface area contributed by atoms with Gasteiger partial charge in [-0.3, -0.25) is 0 Å². The topological polar surface area (TPSA) is 110 Å². The molecule has 202 valence electrons. The molecule has 0 saturated heterocycles. The Bertz CT molecular complexity index is 1460. The molecule has 0 aliphatic rings. The zero-order valence-corrected chi connectivity index (χ0v) is 24.7. The summed E-state index contributed by atoms with van der Waals surface area (Å²) >= 11 is -2.72. The zero-order valence-electron chi connectivity index (χ0n) is 22.0. The van der Waals surface area contributed by atoms with E-state index in [2.05, 4.69) is 30.0 Å². The first-order valence-electron chi connectivity index (χ1n) is 11.9. The van der Waals surface area contributed by atoms with E-state index in [1.807, 2.05) is 61.5 Å². The number of benzene rings is 4. The fourth-order valence-electron chi connectivity index (χ4n) is 3.83. The van der Waals surface area contributed by atoms with Gasteiger partial charge in [-0.1, -0.05) is 17.7 Å². The van der Waals surface area contributed by atoms with Crippen molar-refractivity contribution in [3.05, 3.63) is 109 Å². The summed E-state index contributed by atoms with van der Waals surface area (Å²) in [6.07, 6.45) is 0. The van der Waals surface area contributed by atoms with Crippen LogP contribution in [0.25, 0.3) is 0 Å². The molecule has 0 aliphatic heterocycles. The van der Waals surface area contributed by atoms with Gasteiger partial charge in [0.25, 0.3) is 0 Å². The molecule has 0 aliphatic carbocycles. The maximum atomic E-state index is 11.2. The van der Waals surface area contributed by atoms with Crippen LogP contribution < -0.4 is 22.5 Å². The van der Waals surface area contributed by atoms with E-state index in [0.29, 0.717) is 11.5 Å². The predicted octanol–water partition coefficient (Wildman–Crippen LogP) is 3.54. The molecule has 0 aromatic heterocycles. The van der Waals surface area contributed by atoms with E-state index in [1.165, 1.54) is 39.0 Å². The van der Waals surface area contributed by atoms with Gasteiger partial charge in [0.1, 0.15) is 10.1 Å². The van der Waals surface area contributed by atoms with Gasteiger partial charge in [0, 0.05) is 0 Å². The van der Waals surface area contributed by atoms with Gasteiger partial charge in [0.15, 0.2) is 0 Å². The van der Waals surface area contributed by atoms with Gasteiger partial charge in [0.05, 0.1) is 4.90 Å². The molecule has 0 atom stereocenters. The number of rotatable bonds is 6. The Hall–Kier alpha value is -3.71. The summed E-state index contributed by atoms with van der Waals surface area (Å²) in [7, 11) is -4.27. The molecular formula is C30H29AsO7S. The van der Waals surface area contributed by atoms with Crippen LogP contribution in [0.1, 0.15) is 19.4 Å². The summed E-state index contributed by atoms with van der Waals surface area (Å²) in [4.78, 5) is 22.2. The monoisotopic (exact) mass is 608 g/mol. The Balaban J connectivity index is 0.000000320. The van der Waals surface area contributed by atoms with Crippen LogP contribution in [-0.4, -0.2) is 38.5 Å². The van der Waals surface area contributed by atoms with Crippen LogP contribution in [0.15, 0.2) is 108 Å². The second kappa shape index (κ2) is 12.9. The SMILES string of the molecule is CC(=O)Oc1ccc([As+](C)(c2ccccc2)c2ccc(OC(C)=O)cc2)cc1.Cc1ccc(S(=O)(=O)[O-])cc1. The van der Waals surface area contributed by atoms with Crippen LogP contribution in [0.5, 0.6) is 11.5 Å². The van der Waals surface area contributed by atoms with Crippen molar-refractivity contribution in [2.45, 2.75) is 31.4 Å². The Morgan fingerprint density at radius 2 is 1.03 bits per heavy atom. The average molecular weight is 609 g/mol. The van der Waals surface area contributed by atoms with Crippen molar-refractivity contribution in [2.24, 2.45) is 0 Å². The molecular weight excluding hydrogens is 579 g/mol. The molecule has 4 rings (SSSR count). The van der Waals surface area contributed by atoms with Crippen LogP contribution in [-0.2, 0) is 19.7 Å². The van der Waals surface area contributed by atoms with Crippen LogP contribution in [0.2, 0.25) is 5.71 Å². The molecule has 0 amide bonds. The fourth-order valence-corrected chi connectivity index (χ4v) is 10.9. The molecule has 7 nitrogen and oxygen atoms in total. The first-order chi connectivity index (χ1) is 18.4. The standard InChI is InChI=1S/C23H22AsO4.C7H8O3S/c1-17(25)27-22-13-9-20(10-14-22)24(3,19-7-5-4-6-8-19)21-11-15-23(16-12-21)28-18(2)26;1-6-2-4-7(5-3-6)11(8,9)10/h4-16H,1-3H3;2-5H,1H3,(H,8,9,10)/q+1;/p-1. The molecule has 0 fully saturated rings. The Morgan fingerprint density at radius 1 is 0.641 bits per heavy atom. The maximum absolute atomic E-state index is 11.2. The summed E-state index contributed by atoms with van der Waals surface area (Å²) in [5, 5.41) is 0. The van der Waals surface area contributed by atoms with E-state index in [9.17, 15) is 22.6 Å². The minimum Gasteiger partial charge on any atom is -0.744 e. The van der Waals surface area contributed by atoms with Crippen molar-refractivity contribution in [3.63, 3.8) is 0 Å². The minimum atomic E-state index is -4.27. The van der Waals surface area contributed by atoms with Crippen molar-refractivity contribution in [3.8, 4) is 11.5 Å². The predicted molar refractivity (Wildman–Crippen MR) is 152 cm³/mol. The normalized spacial score (nSPS) is 11.1. The van der Waals surface area contributed by atoms with Gasteiger partial charge in [0.2, 0.25) is 0 Å². The third kappa shape index (κ3) is 8.14. The van der Waals surface area contributed by atoms with Gasteiger partial charge in [-0.05, 0) is 19.1 Å². The van der Waals surface area contributed by atoms with Crippen molar-refractivity contribution in [1.29, 1.82) is 0 Å². The number of carbonyl (C=O) groups excluding carboxylic acids is 2. The fraction of sp³-hybridized carbons (Fsp3) is 0.133. The largest absolute Gasteiger partial charge is 0.744 e. The second-order valence-corrected chi connectivity index (χ2v) is 17.6. The van der Waals surface area contributed by atoms with Crippen LogP contribution >= 0.6 is 0 Å². The summed E-state index contributed by atoms with van der Waals surface area (Å²) in [6.45, 7) is 4.61. The molecule has 0 N–H and O–H groups in total. The molecule has 4 aromatic carbocycles. The molecule has 0 heterocycles. The zero-order chi connectivity index (χ0) is 28.6.